The molecule has 2 aromatic heterocycles. The van der Waals surface area contributed by atoms with Gasteiger partial charge < -0.3 is 10.3 Å². The minimum atomic E-state index is -3.46. The average molecular weight is 313 g/mol. The van der Waals surface area contributed by atoms with Crippen molar-refractivity contribution in [3.63, 3.8) is 0 Å². The lowest BCUT2D eigenvalue weighted by Gasteiger charge is -2.04. The largest absolute Gasteiger partial charge is 0.349 e. The van der Waals surface area contributed by atoms with Crippen molar-refractivity contribution < 1.29 is 8.42 Å². The second-order valence-corrected chi connectivity index (χ2v) is 7.18. The summed E-state index contributed by atoms with van der Waals surface area (Å²) >= 11 is 1.63. The van der Waals surface area contributed by atoms with E-state index < -0.39 is 10.0 Å². The molecule has 0 radical (unpaired) electrons. The third kappa shape index (κ3) is 3.49. The predicted octanol–water partition coefficient (Wildman–Crippen LogP) is 1.55. The lowest BCUT2D eigenvalue weighted by Crippen LogP contribution is -2.25. The molecule has 2 aromatic rings. The number of nitrogens with one attached hydrogen (secondary N) is 1. The summed E-state index contributed by atoms with van der Waals surface area (Å²) in [4.78, 5) is 1.45. The van der Waals surface area contributed by atoms with Crippen LogP contribution in [0.4, 0.5) is 0 Å². The van der Waals surface area contributed by atoms with Crippen LogP contribution in [0.5, 0.6) is 0 Å². The Balaban J connectivity index is 2.04. The summed E-state index contributed by atoms with van der Waals surface area (Å²) in [5.41, 5.74) is 6.44. The van der Waals surface area contributed by atoms with E-state index in [1.54, 1.807) is 23.6 Å². The molecule has 0 aliphatic carbocycles. The minimum Gasteiger partial charge on any atom is -0.349 e. The first-order valence-electron chi connectivity index (χ1n) is 6.48. The van der Waals surface area contributed by atoms with Gasteiger partial charge in [0.25, 0.3) is 0 Å². The fourth-order valence-electron chi connectivity index (χ4n) is 1.99. The predicted molar refractivity (Wildman–Crippen MR) is 81.2 cm³/mol. The fraction of sp³-hybridized carbons (Fsp3) is 0.385. The maximum atomic E-state index is 12.2. The molecule has 110 valence electrons. The molecule has 20 heavy (non-hydrogen) atoms. The Kier molecular flexibility index (Phi) is 4.98. The van der Waals surface area contributed by atoms with E-state index >= 15 is 0 Å². The first kappa shape index (κ1) is 15.2. The number of thiophene rings is 1. The fourth-order valence-corrected chi connectivity index (χ4v) is 3.79. The summed E-state index contributed by atoms with van der Waals surface area (Å²) in [6, 6.07) is 5.60. The molecule has 2 rings (SSSR count). The van der Waals surface area contributed by atoms with E-state index in [-0.39, 0.29) is 4.90 Å². The first-order chi connectivity index (χ1) is 9.56. The minimum absolute atomic E-state index is 0.283. The van der Waals surface area contributed by atoms with Gasteiger partial charge in [0.15, 0.2) is 0 Å². The van der Waals surface area contributed by atoms with Crippen molar-refractivity contribution in [1.82, 2.24) is 9.29 Å². The van der Waals surface area contributed by atoms with Gasteiger partial charge in [0.05, 0.1) is 4.90 Å². The van der Waals surface area contributed by atoms with Gasteiger partial charge in [0.1, 0.15) is 0 Å². The zero-order valence-electron chi connectivity index (χ0n) is 11.4. The van der Waals surface area contributed by atoms with Crippen LogP contribution >= 0.6 is 11.3 Å². The summed E-state index contributed by atoms with van der Waals surface area (Å²) in [5, 5.41) is 1.98. The molecule has 0 spiro atoms. The van der Waals surface area contributed by atoms with Crippen molar-refractivity contribution in [2.24, 2.45) is 5.73 Å². The smallest absolute Gasteiger partial charge is 0.242 e. The van der Waals surface area contributed by atoms with Crippen LogP contribution in [0.1, 0.15) is 17.5 Å². The highest BCUT2D eigenvalue weighted by Crippen LogP contribution is 2.14. The van der Waals surface area contributed by atoms with Gasteiger partial charge in [-0.25, -0.2) is 13.1 Å². The number of rotatable bonds is 7. The van der Waals surface area contributed by atoms with Crippen molar-refractivity contribution >= 4 is 21.4 Å². The van der Waals surface area contributed by atoms with Gasteiger partial charge in [-0.15, -0.1) is 11.3 Å². The highest BCUT2D eigenvalue weighted by molar-refractivity contribution is 7.89. The highest BCUT2D eigenvalue weighted by atomic mass is 32.2. The third-order valence-corrected chi connectivity index (χ3v) is 5.43. The highest BCUT2D eigenvalue weighted by Gasteiger charge is 2.17. The number of aromatic nitrogens is 1. The number of nitrogens with two attached hydrogens (primary N) is 1. The molecule has 0 aliphatic heterocycles. The molecule has 0 fully saturated rings. The quantitative estimate of drug-likeness (QED) is 0.814. The molecule has 0 aliphatic rings. The second kappa shape index (κ2) is 6.53. The Morgan fingerprint density at radius 2 is 2.25 bits per heavy atom. The van der Waals surface area contributed by atoms with Crippen LogP contribution in [0.25, 0.3) is 0 Å². The molecule has 5 nitrogen and oxygen atoms in total. The molecular formula is C13H19N3O2S2. The lowest BCUT2D eigenvalue weighted by molar-refractivity contribution is 0.581. The molecule has 0 saturated heterocycles. The summed E-state index contributed by atoms with van der Waals surface area (Å²) < 4.78 is 28.9. The Morgan fingerprint density at radius 1 is 1.45 bits per heavy atom. The molecule has 0 unspecified atom stereocenters. The van der Waals surface area contributed by atoms with Crippen LogP contribution in [-0.2, 0) is 29.5 Å². The van der Waals surface area contributed by atoms with E-state index in [2.05, 4.69) is 4.72 Å². The Hall–Kier alpha value is -1.15. The van der Waals surface area contributed by atoms with Gasteiger partial charge >= 0.3 is 0 Å². The van der Waals surface area contributed by atoms with Gasteiger partial charge in [0.2, 0.25) is 10.0 Å². The van der Waals surface area contributed by atoms with Crippen LogP contribution < -0.4 is 10.5 Å². The van der Waals surface area contributed by atoms with Crippen molar-refractivity contribution in [3.8, 4) is 0 Å². The number of hydrogen-bond acceptors (Lipinski definition) is 4. The van der Waals surface area contributed by atoms with E-state index in [4.69, 9.17) is 5.73 Å². The Bertz CT molecular complexity index is 624. The number of sulfonamides is 1. The van der Waals surface area contributed by atoms with Gasteiger partial charge in [0, 0.05) is 36.4 Å². The molecule has 0 bridgehead atoms. The lowest BCUT2D eigenvalue weighted by atomic mass is 10.3. The Morgan fingerprint density at radius 3 is 2.80 bits per heavy atom. The van der Waals surface area contributed by atoms with Gasteiger partial charge in [-0.1, -0.05) is 6.07 Å². The monoisotopic (exact) mass is 313 g/mol. The second-order valence-electron chi connectivity index (χ2n) is 4.38. The molecule has 2 heterocycles. The molecule has 3 N–H and O–H groups in total. The zero-order valence-corrected chi connectivity index (χ0v) is 13.0. The van der Waals surface area contributed by atoms with Gasteiger partial charge in [-0.2, -0.15) is 0 Å². The molecule has 0 amide bonds. The van der Waals surface area contributed by atoms with Crippen LogP contribution in [0.2, 0.25) is 0 Å². The molecular weight excluding hydrogens is 294 g/mol. The van der Waals surface area contributed by atoms with Gasteiger partial charge in [-0.05, 0) is 30.9 Å². The summed E-state index contributed by atoms with van der Waals surface area (Å²) in [7, 11) is -3.46. The SMILES string of the molecule is CCn1cc(S(=O)(=O)NCCc2cccs2)cc1CN. The maximum Gasteiger partial charge on any atom is 0.242 e. The molecule has 0 atom stereocenters. The van der Waals surface area contributed by atoms with E-state index in [0.29, 0.717) is 26.1 Å². The molecule has 0 saturated carbocycles. The first-order valence-corrected chi connectivity index (χ1v) is 8.84. The normalized spacial score (nSPS) is 11.9. The van der Waals surface area contributed by atoms with Crippen molar-refractivity contribution in [2.45, 2.75) is 31.3 Å². The van der Waals surface area contributed by atoms with Crippen LogP contribution in [0.15, 0.2) is 34.7 Å². The van der Waals surface area contributed by atoms with Gasteiger partial charge in [-0.3, -0.25) is 0 Å². The van der Waals surface area contributed by atoms with Crippen LogP contribution in [0.3, 0.4) is 0 Å². The van der Waals surface area contributed by atoms with Crippen molar-refractivity contribution in [3.05, 3.63) is 40.3 Å². The molecule has 0 aromatic carbocycles. The van der Waals surface area contributed by atoms with Crippen LogP contribution in [0, 0.1) is 0 Å². The molecule has 7 heteroatoms. The van der Waals surface area contributed by atoms with E-state index in [9.17, 15) is 8.42 Å². The van der Waals surface area contributed by atoms with E-state index in [0.717, 1.165) is 5.69 Å². The number of aryl methyl sites for hydroxylation is 1. The van der Waals surface area contributed by atoms with E-state index in [1.165, 1.54) is 4.88 Å². The summed E-state index contributed by atoms with van der Waals surface area (Å²) in [6.45, 7) is 3.40. The van der Waals surface area contributed by atoms with E-state index in [1.807, 2.05) is 29.0 Å². The Labute approximate surface area is 123 Å². The van der Waals surface area contributed by atoms with Crippen LogP contribution in [-0.4, -0.2) is 19.5 Å². The summed E-state index contributed by atoms with van der Waals surface area (Å²) in [5.74, 6) is 0. The zero-order chi connectivity index (χ0) is 14.6. The number of hydrogen-bond donors (Lipinski definition) is 2. The third-order valence-electron chi connectivity index (χ3n) is 3.06. The van der Waals surface area contributed by atoms with Crippen molar-refractivity contribution in [2.75, 3.05) is 6.54 Å². The summed E-state index contributed by atoms with van der Waals surface area (Å²) in [6.07, 6.45) is 2.34. The van der Waals surface area contributed by atoms with Crippen molar-refractivity contribution in [1.29, 1.82) is 0 Å². The topological polar surface area (TPSA) is 77.1 Å². The standard InChI is InChI=1S/C13H19N3O2S2/c1-2-16-10-13(8-11(16)9-14)20(17,18)15-6-5-12-4-3-7-19-12/h3-4,7-8,10,15H,2,5-6,9,14H2,1H3. The maximum absolute atomic E-state index is 12.2. The number of nitrogens with zero attached hydrogens (tertiary/aromatic N) is 1. The average Bonchev–Trinajstić information content (AvgIpc) is 3.07.